The number of fused-ring (bicyclic) bond motifs is 1. The number of rotatable bonds is 5. The summed E-state index contributed by atoms with van der Waals surface area (Å²) < 4.78 is 2.05. The van der Waals surface area contributed by atoms with Gasteiger partial charge in [0.15, 0.2) is 0 Å². The molecule has 1 aromatic heterocycles. The lowest BCUT2D eigenvalue weighted by molar-refractivity contribution is -0.120. The molecule has 3 N–H and O–H groups in total. The summed E-state index contributed by atoms with van der Waals surface area (Å²) in [5.41, 5.74) is 8.29. The van der Waals surface area contributed by atoms with Crippen LogP contribution in [0.5, 0.6) is 0 Å². The average Bonchev–Trinajstić information content (AvgIpc) is 3.09. The van der Waals surface area contributed by atoms with Gasteiger partial charge in [0.2, 0.25) is 0 Å². The zero-order valence-corrected chi connectivity index (χ0v) is 19.1. The Balaban J connectivity index is 1.51. The maximum absolute atomic E-state index is 12.4. The van der Waals surface area contributed by atoms with E-state index in [9.17, 15) is 14.4 Å². The predicted molar refractivity (Wildman–Crippen MR) is 123 cm³/mol. The number of hydrogen-bond donors (Lipinski definition) is 3. The predicted octanol–water partition coefficient (Wildman–Crippen LogP) is 2.85. The van der Waals surface area contributed by atoms with Crippen molar-refractivity contribution >= 4 is 28.8 Å². The number of aryl methyl sites for hydroxylation is 2. The van der Waals surface area contributed by atoms with Crippen molar-refractivity contribution in [2.75, 3.05) is 6.54 Å². The molecule has 0 unspecified atom stereocenters. The summed E-state index contributed by atoms with van der Waals surface area (Å²) in [6.07, 6.45) is 0. The highest BCUT2D eigenvalue weighted by Crippen LogP contribution is 2.22. The summed E-state index contributed by atoms with van der Waals surface area (Å²) in [6.45, 7) is 10.8. The number of carbonyl (C=O) groups excluding carboxylic acids is 3. The van der Waals surface area contributed by atoms with Crippen LogP contribution in [-0.2, 0) is 16.8 Å². The molecule has 0 bridgehead atoms. The van der Waals surface area contributed by atoms with Gasteiger partial charge in [0.1, 0.15) is 5.82 Å². The topological polar surface area (TPSA) is 105 Å². The molecule has 2 aromatic carbocycles. The van der Waals surface area contributed by atoms with Gasteiger partial charge >= 0.3 is 0 Å². The molecule has 0 spiro atoms. The third-order valence-corrected chi connectivity index (χ3v) is 5.26. The van der Waals surface area contributed by atoms with E-state index in [0.717, 1.165) is 23.4 Å². The fraction of sp³-hybridized carbons (Fsp3) is 0.333. The Morgan fingerprint density at radius 3 is 2.22 bits per heavy atom. The molecule has 0 atom stereocenters. The van der Waals surface area contributed by atoms with Crippen LogP contribution in [0.4, 0.5) is 0 Å². The van der Waals surface area contributed by atoms with Crippen molar-refractivity contribution < 1.29 is 14.4 Å². The van der Waals surface area contributed by atoms with Gasteiger partial charge in [-0.05, 0) is 55.2 Å². The van der Waals surface area contributed by atoms with Gasteiger partial charge in [0.25, 0.3) is 17.7 Å². The van der Waals surface area contributed by atoms with Crippen molar-refractivity contribution in [2.24, 2.45) is 0 Å². The van der Waals surface area contributed by atoms with Crippen LogP contribution in [0.3, 0.4) is 0 Å². The number of hydrazine groups is 1. The highest BCUT2D eigenvalue weighted by molar-refractivity contribution is 5.99. The van der Waals surface area contributed by atoms with Crippen LogP contribution >= 0.6 is 0 Å². The van der Waals surface area contributed by atoms with Crippen LogP contribution < -0.4 is 16.2 Å². The minimum atomic E-state index is -0.537. The summed E-state index contributed by atoms with van der Waals surface area (Å²) >= 11 is 0. The standard InChI is InChI=1S/C24H29N5O3/c1-6-29-15(2)26-19-13-17(9-12-20(19)29)23(32)28-27-21(30)14-25-22(31)16-7-10-18(11-8-16)24(3,4)5/h7-13H,6,14H2,1-5H3,(H,25,31)(H,27,30)(H,28,32). The molecular formula is C24H29N5O3. The second-order valence-electron chi connectivity index (χ2n) is 8.62. The zero-order chi connectivity index (χ0) is 23.5. The molecule has 3 rings (SSSR count). The van der Waals surface area contributed by atoms with E-state index in [1.165, 1.54) is 0 Å². The lowest BCUT2D eigenvalue weighted by atomic mass is 9.87. The molecule has 1 heterocycles. The van der Waals surface area contributed by atoms with Crippen LogP contribution in [0.2, 0.25) is 0 Å². The Labute approximate surface area is 187 Å². The normalized spacial score (nSPS) is 11.3. The van der Waals surface area contributed by atoms with Crippen LogP contribution in [0.25, 0.3) is 11.0 Å². The molecule has 0 aliphatic carbocycles. The van der Waals surface area contributed by atoms with E-state index in [1.54, 1.807) is 24.3 Å². The van der Waals surface area contributed by atoms with Crippen molar-refractivity contribution in [1.82, 2.24) is 25.7 Å². The summed E-state index contributed by atoms with van der Waals surface area (Å²) in [4.78, 5) is 41.1. The highest BCUT2D eigenvalue weighted by atomic mass is 16.2. The van der Waals surface area contributed by atoms with E-state index >= 15 is 0 Å². The second kappa shape index (κ2) is 9.21. The van der Waals surface area contributed by atoms with Gasteiger partial charge in [-0.1, -0.05) is 32.9 Å². The number of carbonyl (C=O) groups is 3. The lowest BCUT2D eigenvalue weighted by Gasteiger charge is -2.19. The maximum atomic E-state index is 12.4. The van der Waals surface area contributed by atoms with Crippen molar-refractivity contribution in [1.29, 1.82) is 0 Å². The lowest BCUT2D eigenvalue weighted by Crippen LogP contribution is -2.46. The Morgan fingerprint density at radius 2 is 1.59 bits per heavy atom. The first-order chi connectivity index (χ1) is 15.1. The molecule has 0 aliphatic heterocycles. The number of imidazole rings is 1. The van der Waals surface area contributed by atoms with Crippen molar-refractivity contribution in [3.8, 4) is 0 Å². The van der Waals surface area contributed by atoms with Crippen LogP contribution in [0.1, 0.15) is 59.8 Å². The molecule has 8 nitrogen and oxygen atoms in total. The van der Waals surface area contributed by atoms with Crippen molar-refractivity contribution in [3.63, 3.8) is 0 Å². The van der Waals surface area contributed by atoms with E-state index in [2.05, 4.69) is 46.5 Å². The Kier molecular flexibility index (Phi) is 6.62. The van der Waals surface area contributed by atoms with E-state index in [0.29, 0.717) is 16.6 Å². The van der Waals surface area contributed by atoms with Gasteiger partial charge in [-0.3, -0.25) is 25.2 Å². The number of benzene rings is 2. The fourth-order valence-electron chi connectivity index (χ4n) is 3.42. The number of amides is 3. The van der Waals surface area contributed by atoms with Crippen LogP contribution in [0, 0.1) is 6.92 Å². The SMILES string of the molecule is CCn1c(C)nc2cc(C(=O)NNC(=O)CNC(=O)c3ccc(C(C)(C)C)cc3)ccc21. The second-order valence-corrected chi connectivity index (χ2v) is 8.62. The zero-order valence-electron chi connectivity index (χ0n) is 19.1. The van der Waals surface area contributed by atoms with E-state index in [1.807, 2.05) is 32.0 Å². The number of hydrogen-bond acceptors (Lipinski definition) is 4. The van der Waals surface area contributed by atoms with E-state index < -0.39 is 11.8 Å². The number of nitrogens with one attached hydrogen (secondary N) is 3. The first kappa shape index (κ1) is 23.0. The van der Waals surface area contributed by atoms with Gasteiger partial charge in [0.05, 0.1) is 17.6 Å². The van der Waals surface area contributed by atoms with Gasteiger partial charge in [-0.25, -0.2) is 4.98 Å². The summed E-state index contributed by atoms with van der Waals surface area (Å²) in [5, 5.41) is 2.54. The molecule has 0 fully saturated rings. The van der Waals surface area contributed by atoms with Gasteiger partial charge in [-0.2, -0.15) is 0 Å². The first-order valence-electron chi connectivity index (χ1n) is 10.5. The fourth-order valence-corrected chi connectivity index (χ4v) is 3.42. The van der Waals surface area contributed by atoms with Gasteiger partial charge in [-0.15, -0.1) is 0 Å². The molecule has 0 aliphatic rings. The molecule has 3 aromatic rings. The molecule has 32 heavy (non-hydrogen) atoms. The minimum Gasteiger partial charge on any atom is -0.343 e. The largest absolute Gasteiger partial charge is 0.343 e. The summed E-state index contributed by atoms with van der Waals surface area (Å²) in [6, 6.07) is 12.5. The van der Waals surface area contributed by atoms with Crippen molar-refractivity contribution in [3.05, 3.63) is 65.0 Å². The van der Waals surface area contributed by atoms with Gasteiger partial charge in [0, 0.05) is 17.7 Å². The molecule has 168 valence electrons. The molecule has 0 saturated carbocycles. The van der Waals surface area contributed by atoms with E-state index in [4.69, 9.17) is 0 Å². The third kappa shape index (κ3) is 5.14. The molecule has 0 radical (unpaired) electrons. The minimum absolute atomic E-state index is 0.00745. The maximum Gasteiger partial charge on any atom is 0.269 e. The van der Waals surface area contributed by atoms with E-state index in [-0.39, 0.29) is 17.9 Å². The van der Waals surface area contributed by atoms with Crippen LogP contribution in [0.15, 0.2) is 42.5 Å². The molecule has 8 heteroatoms. The first-order valence-corrected chi connectivity index (χ1v) is 10.5. The highest BCUT2D eigenvalue weighted by Gasteiger charge is 2.15. The smallest absolute Gasteiger partial charge is 0.269 e. The Bertz CT molecular complexity index is 1160. The quantitative estimate of drug-likeness (QED) is 0.536. The Morgan fingerprint density at radius 1 is 0.938 bits per heavy atom. The summed E-state index contributed by atoms with van der Waals surface area (Å²) in [5.74, 6) is -0.491. The molecule has 3 amide bonds. The summed E-state index contributed by atoms with van der Waals surface area (Å²) in [7, 11) is 0. The van der Waals surface area contributed by atoms with Crippen molar-refractivity contribution in [2.45, 2.75) is 46.6 Å². The van der Waals surface area contributed by atoms with Gasteiger partial charge < -0.3 is 9.88 Å². The number of aromatic nitrogens is 2. The Hall–Kier alpha value is -3.68. The number of nitrogens with zero attached hydrogens (tertiary/aromatic N) is 2. The molecule has 0 saturated heterocycles. The third-order valence-electron chi connectivity index (χ3n) is 5.26. The van der Waals surface area contributed by atoms with Crippen LogP contribution in [-0.4, -0.2) is 33.8 Å². The molecular weight excluding hydrogens is 406 g/mol. The monoisotopic (exact) mass is 435 g/mol. The average molecular weight is 436 g/mol.